The second-order valence-electron chi connectivity index (χ2n) is 12.5. The monoisotopic (exact) mass is 809 g/mol. The highest BCUT2D eigenvalue weighted by molar-refractivity contribution is 7.93. The maximum atomic E-state index is 14.6. The van der Waals surface area contributed by atoms with Crippen LogP contribution in [0.2, 0.25) is 0 Å². The van der Waals surface area contributed by atoms with Gasteiger partial charge < -0.3 is 10.5 Å². The lowest BCUT2D eigenvalue weighted by Gasteiger charge is -2.25. The van der Waals surface area contributed by atoms with Gasteiger partial charge in [0.15, 0.2) is 5.78 Å². The summed E-state index contributed by atoms with van der Waals surface area (Å²) in [6.45, 7) is 2.42. The molecule has 6 aromatic rings. The second-order valence-corrected chi connectivity index (χ2v) is 16.9. The van der Waals surface area contributed by atoms with Crippen molar-refractivity contribution in [2.45, 2.75) is 26.9 Å². The van der Waals surface area contributed by atoms with E-state index in [1.165, 1.54) is 53.8 Å². The molecule has 0 aliphatic heterocycles. The van der Waals surface area contributed by atoms with Crippen LogP contribution < -0.4 is 14.3 Å². The summed E-state index contributed by atoms with van der Waals surface area (Å²) in [6.07, 6.45) is 3.28. The molecule has 0 atom stereocenters. The minimum absolute atomic E-state index is 0.0578. The van der Waals surface area contributed by atoms with Crippen molar-refractivity contribution in [3.63, 3.8) is 0 Å². The summed E-state index contributed by atoms with van der Waals surface area (Å²) in [5.41, 5.74) is 7.92. The minimum atomic E-state index is -3.71. The molecule has 0 aliphatic rings. The molecule has 0 bridgehead atoms. The predicted octanol–water partition coefficient (Wildman–Crippen LogP) is 5.07. The van der Waals surface area contributed by atoms with E-state index >= 15 is 0 Å². The molecule has 6 rings (SSSR count). The van der Waals surface area contributed by atoms with Crippen molar-refractivity contribution in [3.05, 3.63) is 119 Å². The molecule has 2 aromatic heterocycles. The summed E-state index contributed by atoms with van der Waals surface area (Å²) in [6, 6.07) is 18.3. The third-order valence-electron chi connectivity index (χ3n) is 9.08. The number of aromatic nitrogens is 4. The summed E-state index contributed by atoms with van der Waals surface area (Å²) in [5, 5.41) is 9.92. The Morgan fingerprint density at radius 1 is 0.714 bits per heavy atom. The van der Waals surface area contributed by atoms with Gasteiger partial charge in [0, 0.05) is 41.6 Å². The molecular weight excluding hydrogens is 769 g/mol. The first kappa shape index (κ1) is 41.4. The number of sulfonamides is 2. The molecule has 2 N–H and O–H groups in total. The van der Waals surface area contributed by atoms with Crippen molar-refractivity contribution in [3.8, 4) is 0 Å². The average Bonchev–Trinajstić information content (AvgIpc) is 3.78. The first-order valence-corrected chi connectivity index (χ1v) is 20.5. The SMILES string of the molecule is CCS(=O)(=O)N(Cc1ccc(C(=O)CN)cc1F)c1cccc2cnn(C)c12.CCS(=O)(=O)N(Cc1ccc(C(=O)OC)cc1F)c1cccc2cnn(C)c12. The average molecular weight is 810 g/mol. The fourth-order valence-corrected chi connectivity index (χ4v) is 8.19. The molecule has 0 saturated heterocycles. The van der Waals surface area contributed by atoms with E-state index in [1.54, 1.807) is 60.1 Å². The van der Waals surface area contributed by atoms with Crippen molar-refractivity contribution in [1.82, 2.24) is 19.6 Å². The van der Waals surface area contributed by atoms with Crippen LogP contribution in [0.3, 0.4) is 0 Å². The van der Waals surface area contributed by atoms with Crippen molar-refractivity contribution in [2.24, 2.45) is 19.8 Å². The number of Topliss-reactive ketones (excluding diaryl/α,β-unsaturated/α-hetero) is 1. The maximum absolute atomic E-state index is 14.6. The van der Waals surface area contributed by atoms with Crippen LogP contribution in [-0.2, 0) is 52.0 Å². The molecule has 56 heavy (non-hydrogen) atoms. The number of hydrogen-bond donors (Lipinski definition) is 1. The topological polar surface area (TPSA) is 180 Å². The van der Waals surface area contributed by atoms with Gasteiger partial charge in [-0.1, -0.05) is 42.5 Å². The van der Waals surface area contributed by atoms with Gasteiger partial charge >= 0.3 is 5.97 Å². The van der Waals surface area contributed by atoms with Gasteiger partial charge in [-0.2, -0.15) is 10.2 Å². The van der Waals surface area contributed by atoms with E-state index < -0.39 is 37.7 Å². The molecule has 0 saturated carbocycles. The van der Waals surface area contributed by atoms with Crippen molar-refractivity contribution < 1.29 is 39.9 Å². The molecule has 0 unspecified atom stereocenters. The number of carbonyl (C=O) groups excluding carboxylic acids is 2. The van der Waals surface area contributed by atoms with Crippen molar-refractivity contribution >= 4 is 65.0 Å². The summed E-state index contributed by atoms with van der Waals surface area (Å²) in [7, 11) is -2.78. The van der Waals surface area contributed by atoms with E-state index in [-0.39, 0.29) is 59.2 Å². The Morgan fingerprint density at radius 2 is 1.14 bits per heavy atom. The standard InChI is InChI=1S/C19H21FN4O3S.C19H20FN3O4S/c1-3-28(26,27)24(17-6-4-5-14-11-22-23(2)19(14)17)12-15-8-7-13(9-16(15)20)18(25)10-21;1-4-28(25,26)23(17-7-5-6-14-11-21-22(2)18(14)17)12-15-9-8-13(10-16(15)20)19(24)27-3/h4-9,11H,3,10,12,21H2,1-2H3;5-11H,4,12H2,1-3H3. The molecule has 14 nitrogen and oxygen atoms in total. The molecule has 0 aliphatic carbocycles. The van der Waals surface area contributed by atoms with Crippen LogP contribution >= 0.6 is 0 Å². The highest BCUT2D eigenvalue weighted by Crippen LogP contribution is 2.32. The fraction of sp³-hybridized carbons (Fsp3) is 0.263. The number of esters is 1. The van der Waals surface area contributed by atoms with Crippen LogP contribution in [0.15, 0.2) is 85.2 Å². The number of methoxy groups -OCH3 is 1. The van der Waals surface area contributed by atoms with E-state index in [9.17, 15) is 35.2 Å². The number of hydrogen-bond acceptors (Lipinski definition) is 10. The number of benzene rings is 4. The third kappa shape index (κ3) is 8.56. The van der Waals surface area contributed by atoms with Gasteiger partial charge in [0.25, 0.3) is 0 Å². The zero-order valence-corrected chi connectivity index (χ0v) is 32.9. The number of halogens is 2. The van der Waals surface area contributed by atoms with Gasteiger partial charge in [-0.3, -0.25) is 22.8 Å². The van der Waals surface area contributed by atoms with E-state index in [2.05, 4.69) is 14.9 Å². The van der Waals surface area contributed by atoms with Crippen LogP contribution in [0.25, 0.3) is 21.8 Å². The van der Waals surface area contributed by atoms with Gasteiger partial charge in [0.2, 0.25) is 20.0 Å². The number of carbonyl (C=O) groups is 2. The van der Waals surface area contributed by atoms with E-state index in [4.69, 9.17) is 5.73 Å². The molecule has 4 aromatic carbocycles. The summed E-state index contributed by atoms with van der Waals surface area (Å²) in [5.74, 6) is -2.69. The predicted molar refractivity (Wildman–Crippen MR) is 210 cm³/mol. The van der Waals surface area contributed by atoms with Crippen molar-refractivity contribution in [2.75, 3.05) is 33.8 Å². The van der Waals surface area contributed by atoms with Gasteiger partial charge in [-0.15, -0.1) is 0 Å². The molecule has 0 fully saturated rings. The number of nitrogens with two attached hydrogens (primary N) is 1. The zero-order chi connectivity index (χ0) is 40.9. The van der Waals surface area contributed by atoms with Crippen LogP contribution in [0, 0.1) is 11.6 Å². The lowest BCUT2D eigenvalue weighted by molar-refractivity contribution is 0.0600. The first-order chi connectivity index (χ1) is 26.6. The number of ether oxygens (including phenoxy) is 1. The third-order valence-corrected chi connectivity index (χ3v) is 12.5. The number of fused-ring (bicyclic) bond motifs is 2. The maximum Gasteiger partial charge on any atom is 0.337 e. The minimum Gasteiger partial charge on any atom is -0.465 e. The van der Waals surface area contributed by atoms with Gasteiger partial charge in [0.05, 0.1) is 78.6 Å². The Morgan fingerprint density at radius 3 is 1.54 bits per heavy atom. The Labute approximate surface area is 323 Å². The molecule has 0 amide bonds. The Kier molecular flexibility index (Phi) is 12.6. The number of para-hydroxylation sites is 2. The van der Waals surface area contributed by atoms with Crippen molar-refractivity contribution in [1.29, 1.82) is 0 Å². The molecule has 0 radical (unpaired) electrons. The zero-order valence-electron chi connectivity index (χ0n) is 31.3. The summed E-state index contributed by atoms with van der Waals surface area (Å²) < 4.78 is 90.6. The van der Waals surface area contributed by atoms with Crippen LogP contribution in [0.4, 0.5) is 20.2 Å². The van der Waals surface area contributed by atoms with Crippen LogP contribution in [0.5, 0.6) is 0 Å². The van der Waals surface area contributed by atoms with Gasteiger partial charge in [-0.05, 0) is 44.2 Å². The highest BCUT2D eigenvalue weighted by atomic mass is 32.2. The summed E-state index contributed by atoms with van der Waals surface area (Å²) in [4.78, 5) is 23.2. The Bertz CT molecular complexity index is 2460. The largest absolute Gasteiger partial charge is 0.465 e. The number of rotatable bonds is 13. The number of ketones is 1. The van der Waals surface area contributed by atoms with E-state index in [0.29, 0.717) is 22.4 Å². The van der Waals surface area contributed by atoms with Gasteiger partial charge in [0.1, 0.15) is 11.6 Å². The normalized spacial score (nSPS) is 11.6. The molecule has 18 heteroatoms. The van der Waals surface area contributed by atoms with Crippen LogP contribution in [0.1, 0.15) is 45.7 Å². The fourth-order valence-electron chi connectivity index (χ4n) is 6.00. The summed E-state index contributed by atoms with van der Waals surface area (Å²) >= 11 is 0. The molecule has 0 spiro atoms. The lowest BCUT2D eigenvalue weighted by atomic mass is 10.1. The van der Waals surface area contributed by atoms with E-state index in [0.717, 1.165) is 22.9 Å². The first-order valence-electron chi connectivity index (χ1n) is 17.3. The highest BCUT2D eigenvalue weighted by Gasteiger charge is 2.27. The number of aryl methyl sites for hydroxylation is 2. The molecule has 296 valence electrons. The number of anilines is 2. The second kappa shape index (κ2) is 17.0. The van der Waals surface area contributed by atoms with E-state index in [1.807, 2.05) is 12.1 Å². The lowest BCUT2D eigenvalue weighted by Crippen LogP contribution is -2.32. The Hall–Kier alpha value is -5.72. The Balaban J connectivity index is 0.000000214. The number of nitrogens with zero attached hydrogens (tertiary/aromatic N) is 6. The molecule has 2 heterocycles. The molecular formula is C38H41F2N7O7S2. The van der Waals surface area contributed by atoms with Gasteiger partial charge in [-0.25, -0.2) is 30.4 Å². The van der Waals surface area contributed by atoms with Crippen LogP contribution in [-0.4, -0.2) is 73.3 Å². The smallest absolute Gasteiger partial charge is 0.337 e. The quantitative estimate of drug-likeness (QED) is 0.122.